The minimum Gasteiger partial charge on any atom is -0.485 e. The molecule has 4 nitrogen and oxygen atoms in total. The standard InChI is InChI=1S/C15H21N3OS/c1-4-7-16-8-14-15(6-5-11(2)17-14)19-9-13-10-20-12(3)18-13/h5-6,10,16H,4,7-9H2,1-3H3. The van der Waals surface area contributed by atoms with E-state index in [0.717, 1.165) is 47.3 Å². The first-order valence-corrected chi connectivity index (χ1v) is 7.78. The van der Waals surface area contributed by atoms with Crippen LogP contribution in [-0.4, -0.2) is 16.5 Å². The lowest BCUT2D eigenvalue weighted by molar-refractivity contribution is 0.296. The topological polar surface area (TPSA) is 47.0 Å². The summed E-state index contributed by atoms with van der Waals surface area (Å²) in [5, 5.41) is 6.46. The zero-order valence-electron chi connectivity index (χ0n) is 12.3. The third-order valence-corrected chi connectivity index (χ3v) is 3.66. The van der Waals surface area contributed by atoms with E-state index in [4.69, 9.17) is 4.74 Å². The first-order chi connectivity index (χ1) is 9.69. The van der Waals surface area contributed by atoms with Gasteiger partial charge in [-0.2, -0.15) is 0 Å². The molecule has 2 rings (SSSR count). The summed E-state index contributed by atoms with van der Waals surface area (Å²) in [5.74, 6) is 0.838. The average molecular weight is 291 g/mol. The number of aromatic nitrogens is 2. The normalized spacial score (nSPS) is 10.8. The highest BCUT2D eigenvalue weighted by molar-refractivity contribution is 7.09. The van der Waals surface area contributed by atoms with E-state index in [9.17, 15) is 0 Å². The second-order valence-electron chi connectivity index (χ2n) is 4.72. The van der Waals surface area contributed by atoms with Gasteiger partial charge in [0.05, 0.1) is 16.4 Å². The lowest BCUT2D eigenvalue weighted by atomic mass is 10.2. The van der Waals surface area contributed by atoms with Crippen LogP contribution in [0.5, 0.6) is 5.75 Å². The van der Waals surface area contributed by atoms with E-state index in [-0.39, 0.29) is 0 Å². The van der Waals surface area contributed by atoms with Crippen LogP contribution in [0.2, 0.25) is 0 Å². The van der Waals surface area contributed by atoms with E-state index in [2.05, 4.69) is 22.2 Å². The number of pyridine rings is 1. The highest BCUT2D eigenvalue weighted by Gasteiger charge is 2.07. The van der Waals surface area contributed by atoms with Crippen LogP contribution in [0, 0.1) is 13.8 Å². The maximum Gasteiger partial charge on any atom is 0.142 e. The minimum absolute atomic E-state index is 0.496. The Hall–Kier alpha value is -1.46. The first-order valence-electron chi connectivity index (χ1n) is 6.90. The molecule has 0 aromatic carbocycles. The van der Waals surface area contributed by atoms with Crippen molar-refractivity contribution in [2.75, 3.05) is 6.54 Å². The predicted octanol–water partition coefficient (Wildman–Crippen LogP) is 3.23. The van der Waals surface area contributed by atoms with Gasteiger partial charge in [0, 0.05) is 17.6 Å². The van der Waals surface area contributed by atoms with Gasteiger partial charge in [-0.25, -0.2) is 4.98 Å². The number of nitrogens with one attached hydrogen (secondary N) is 1. The van der Waals surface area contributed by atoms with Gasteiger partial charge in [-0.3, -0.25) is 4.98 Å². The van der Waals surface area contributed by atoms with E-state index in [0.29, 0.717) is 6.61 Å². The zero-order valence-corrected chi connectivity index (χ0v) is 13.1. The van der Waals surface area contributed by atoms with Crippen LogP contribution >= 0.6 is 11.3 Å². The third kappa shape index (κ3) is 4.28. The van der Waals surface area contributed by atoms with E-state index < -0.39 is 0 Å². The third-order valence-electron chi connectivity index (χ3n) is 2.83. The second-order valence-corrected chi connectivity index (χ2v) is 5.78. The molecule has 2 aromatic heterocycles. The molecule has 0 aliphatic carbocycles. The monoisotopic (exact) mass is 291 g/mol. The lowest BCUT2D eigenvalue weighted by Gasteiger charge is -2.11. The van der Waals surface area contributed by atoms with Crippen LogP contribution in [0.25, 0.3) is 0 Å². The van der Waals surface area contributed by atoms with Crippen LogP contribution in [0.15, 0.2) is 17.5 Å². The summed E-state index contributed by atoms with van der Waals surface area (Å²) in [7, 11) is 0. The largest absolute Gasteiger partial charge is 0.485 e. The number of nitrogens with zero attached hydrogens (tertiary/aromatic N) is 2. The van der Waals surface area contributed by atoms with Gasteiger partial charge >= 0.3 is 0 Å². The molecule has 0 saturated carbocycles. The molecular weight excluding hydrogens is 270 g/mol. The molecule has 1 N–H and O–H groups in total. The Bertz CT molecular complexity index is 554. The molecule has 0 unspecified atom stereocenters. The Labute approximate surface area is 124 Å². The van der Waals surface area contributed by atoms with Crippen LogP contribution in [0.3, 0.4) is 0 Å². The Morgan fingerprint density at radius 2 is 2.10 bits per heavy atom. The molecule has 0 atom stereocenters. The summed E-state index contributed by atoms with van der Waals surface area (Å²) in [5.41, 5.74) is 2.95. The van der Waals surface area contributed by atoms with Gasteiger partial charge in [0.15, 0.2) is 0 Å². The quantitative estimate of drug-likeness (QED) is 0.796. The zero-order chi connectivity index (χ0) is 14.4. The number of hydrogen-bond acceptors (Lipinski definition) is 5. The fourth-order valence-electron chi connectivity index (χ4n) is 1.87. The molecule has 20 heavy (non-hydrogen) atoms. The van der Waals surface area contributed by atoms with Gasteiger partial charge in [0.2, 0.25) is 0 Å². The smallest absolute Gasteiger partial charge is 0.142 e. The van der Waals surface area contributed by atoms with Gasteiger partial charge in [-0.05, 0) is 38.9 Å². The van der Waals surface area contributed by atoms with Crippen molar-refractivity contribution in [1.82, 2.24) is 15.3 Å². The molecule has 0 spiro atoms. The van der Waals surface area contributed by atoms with Gasteiger partial charge in [0.25, 0.3) is 0 Å². The van der Waals surface area contributed by atoms with Gasteiger partial charge in [-0.1, -0.05) is 6.92 Å². The van der Waals surface area contributed by atoms with Crippen molar-refractivity contribution in [3.8, 4) is 5.75 Å². The van der Waals surface area contributed by atoms with Crippen LogP contribution in [0.1, 0.15) is 35.4 Å². The van der Waals surface area contributed by atoms with E-state index in [1.165, 1.54) is 0 Å². The summed E-state index contributed by atoms with van der Waals surface area (Å²) in [4.78, 5) is 8.96. The maximum absolute atomic E-state index is 5.86. The Balaban J connectivity index is 2.01. The molecule has 0 aliphatic rings. The molecule has 0 amide bonds. The van der Waals surface area contributed by atoms with Gasteiger partial charge in [0.1, 0.15) is 12.4 Å². The highest BCUT2D eigenvalue weighted by Crippen LogP contribution is 2.19. The molecule has 2 heterocycles. The van der Waals surface area contributed by atoms with Crippen molar-refractivity contribution in [2.24, 2.45) is 0 Å². The molecule has 0 aliphatic heterocycles. The molecular formula is C15H21N3OS. The fraction of sp³-hybridized carbons (Fsp3) is 0.467. The number of aryl methyl sites for hydroxylation is 2. The SMILES string of the molecule is CCCNCc1nc(C)ccc1OCc1csc(C)n1. The van der Waals surface area contributed by atoms with Crippen molar-refractivity contribution < 1.29 is 4.74 Å². The second kappa shape index (κ2) is 7.36. The van der Waals surface area contributed by atoms with E-state index in [1.54, 1.807) is 11.3 Å². The predicted molar refractivity (Wildman–Crippen MR) is 82.2 cm³/mol. The fourth-order valence-corrected chi connectivity index (χ4v) is 2.46. The molecule has 0 fully saturated rings. The van der Waals surface area contributed by atoms with E-state index >= 15 is 0 Å². The summed E-state index contributed by atoms with van der Waals surface area (Å²) in [6, 6.07) is 3.97. The Morgan fingerprint density at radius 3 is 2.80 bits per heavy atom. The summed E-state index contributed by atoms with van der Waals surface area (Å²) in [6.45, 7) is 8.37. The highest BCUT2D eigenvalue weighted by atomic mass is 32.1. The maximum atomic E-state index is 5.86. The number of hydrogen-bond donors (Lipinski definition) is 1. The summed E-state index contributed by atoms with van der Waals surface area (Å²) in [6.07, 6.45) is 1.11. The Morgan fingerprint density at radius 1 is 1.25 bits per heavy atom. The van der Waals surface area contributed by atoms with E-state index in [1.807, 2.05) is 31.4 Å². The number of rotatable bonds is 7. The van der Waals surface area contributed by atoms with Crippen molar-refractivity contribution >= 4 is 11.3 Å². The molecule has 0 radical (unpaired) electrons. The van der Waals surface area contributed by atoms with Crippen molar-refractivity contribution in [1.29, 1.82) is 0 Å². The molecule has 2 aromatic rings. The van der Waals surface area contributed by atoms with Crippen molar-refractivity contribution in [2.45, 2.75) is 40.3 Å². The summed E-state index contributed by atoms with van der Waals surface area (Å²) < 4.78 is 5.86. The minimum atomic E-state index is 0.496. The lowest BCUT2D eigenvalue weighted by Crippen LogP contribution is -2.16. The number of ether oxygens (including phenoxy) is 1. The average Bonchev–Trinajstić information content (AvgIpc) is 2.84. The molecule has 0 saturated heterocycles. The van der Waals surface area contributed by atoms with Crippen molar-refractivity contribution in [3.63, 3.8) is 0 Å². The first kappa shape index (κ1) is 14.9. The van der Waals surface area contributed by atoms with Gasteiger partial charge < -0.3 is 10.1 Å². The van der Waals surface area contributed by atoms with Gasteiger partial charge in [-0.15, -0.1) is 11.3 Å². The van der Waals surface area contributed by atoms with Crippen LogP contribution in [-0.2, 0) is 13.2 Å². The summed E-state index contributed by atoms with van der Waals surface area (Å²) >= 11 is 1.64. The molecule has 108 valence electrons. The van der Waals surface area contributed by atoms with Crippen LogP contribution in [0.4, 0.5) is 0 Å². The Kier molecular flexibility index (Phi) is 5.49. The number of thiazole rings is 1. The molecule has 0 bridgehead atoms. The van der Waals surface area contributed by atoms with Crippen molar-refractivity contribution in [3.05, 3.63) is 39.6 Å². The van der Waals surface area contributed by atoms with Crippen LogP contribution < -0.4 is 10.1 Å². The molecule has 5 heteroatoms.